The molecule has 1 aromatic heterocycles. The monoisotopic (exact) mass is 263 g/mol. The Morgan fingerprint density at radius 2 is 2.37 bits per heavy atom. The van der Waals surface area contributed by atoms with Gasteiger partial charge in [-0.1, -0.05) is 0 Å². The first-order chi connectivity index (χ1) is 9.08. The summed E-state index contributed by atoms with van der Waals surface area (Å²) in [5.74, 6) is 1.42. The zero-order valence-electron chi connectivity index (χ0n) is 11.5. The molecule has 0 spiro atoms. The summed E-state index contributed by atoms with van der Waals surface area (Å²) in [6, 6.07) is 1.76. The number of hydrogen-bond acceptors (Lipinski definition) is 5. The standard InChI is InChI=1S/C13H21N5O/c1-9-6-11(14)17-12(16-9)8-18-5-3-4-10(7-18)13(19)15-2/h6,10H,3-5,7-8H2,1-2H3,(H,15,19)(H2,14,16,17). The van der Waals surface area contributed by atoms with E-state index < -0.39 is 0 Å². The van der Waals surface area contributed by atoms with Gasteiger partial charge in [-0.25, -0.2) is 9.97 Å². The van der Waals surface area contributed by atoms with Crippen LogP contribution in [0.15, 0.2) is 6.07 Å². The number of carbonyl (C=O) groups is 1. The van der Waals surface area contributed by atoms with Crippen molar-refractivity contribution >= 4 is 11.7 Å². The molecule has 1 saturated heterocycles. The molecule has 3 N–H and O–H groups in total. The van der Waals surface area contributed by atoms with Crippen LogP contribution >= 0.6 is 0 Å². The number of nitrogens with two attached hydrogens (primary N) is 1. The van der Waals surface area contributed by atoms with Crippen molar-refractivity contribution in [2.75, 3.05) is 25.9 Å². The fraction of sp³-hybridized carbons (Fsp3) is 0.615. The zero-order chi connectivity index (χ0) is 13.8. The van der Waals surface area contributed by atoms with Gasteiger partial charge in [-0.15, -0.1) is 0 Å². The van der Waals surface area contributed by atoms with Crippen molar-refractivity contribution in [1.82, 2.24) is 20.2 Å². The molecule has 2 heterocycles. The molecule has 2 rings (SSSR count). The quantitative estimate of drug-likeness (QED) is 0.820. The molecule has 1 aromatic rings. The van der Waals surface area contributed by atoms with Crippen molar-refractivity contribution in [2.45, 2.75) is 26.3 Å². The number of nitrogens with zero attached hydrogens (tertiary/aromatic N) is 3. The predicted octanol–water partition coefficient (Wildman–Crippen LogP) is 0.325. The maximum atomic E-state index is 11.7. The lowest BCUT2D eigenvalue weighted by atomic mass is 9.97. The van der Waals surface area contributed by atoms with Crippen LogP contribution in [0.3, 0.4) is 0 Å². The van der Waals surface area contributed by atoms with Crippen LogP contribution in [0.5, 0.6) is 0 Å². The third-order valence-corrected chi connectivity index (χ3v) is 3.41. The number of anilines is 1. The molecule has 6 nitrogen and oxygen atoms in total. The molecule has 1 unspecified atom stereocenters. The van der Waals surface area contributed by atoms with Crippen LogP contribution in [-0.2, 0) is 11.3 Å². The van der Waals surface area contributed by atoms with Crippen LogP contribution in [0.1, 0.15) is 24.4 Å². The molecule has 1 fully saturated rings. The van der Waals surface area contributed by atoms with E-state index in [2.05, 4.69) is 20.2 Å². The van der Waals surface area contributed by atoms with Gasteiger partial charge in [0.05, 0.1) is 12.5 Å². The highest BCUT2D eigenvalue weighted by Gasteiger charge is 2.25. The van der Waals surface area contributed by atoms with E-state index in [0.717, 1.165) is 37.4 Å². The lowest BCUT2D eigenvalue weighted by Crippen LogP contribution is -2.42. The largest absolute Gasteiger partial charge is 0.384 e. The highest BCUT2D eigenvalue weighted by molar-refractivity contribution is 5.78. The topological polar surface area (TPSA) is 84.1 Å². The van der Waals surface area contributed by atoms with E-state index in [9.17, 15) is 4.79 Å². The predicted molar refractivity (Wildman–Crippen MR) is 73.2 cm³/mol. The lowest BCUT2D eigenvalue weighted by Gasteiger charge is -2.31. The number of amides is 1. The van der Waals surface area contributed by atoms with Crippen molar-refractivity contribution < 1.29 is 4.79 Å². The number of aromatic nitrogens is 2. The number of rotatable bonds is 3. The van der Waals surface area contributed by atoms with Crippen molar-refractivity contribution in [2.24, 2.45) is 5.92 Å². The van der Waals surface area contributed by atoms with E-state index in [4.69, 9.17) is 5.73 Å². The Labute approximate surface area is 113 Å². The Bertz CT molecular complexity index is 442. The molecular formula is C13H21N5O. The number of piperidine rings is 1. The van der Waals surface area contributed by atoms with E-state index >= 15 is 0 Å². The average Bonchev–Trinajstić information content (AvgIpc) is 2.37. The van der Waals surface area contributed by atoms with Gasteiger partial charge in [-0.2, -0.15) is 0 Å². The Morgan fingerprint density at radius 3 is 3.05 bits per heavy atom. The molecule has 19 heavy (non-hydrogen) atoms. The van der Waals surface area contributed by atoms with Crippen molar-refractivity contribution in [3.63, 3.8) is 0 Å². The summed E-state index contributed by atoms with van der Waals surface area (Å²) in [6.07, 6.45) is 1.98. The van der Waals surface area contributed by atoms with Crippen molar-refractivity contribution in [3.05, 3.63) is 17.6 Å². The van der Waals surface area contributed by atoms with Crippen LogP contribution in [-0.4, -0.2) is 40.9 Å². The van der Waals surface area contributed by atoms with E-state index in [0.29, 0.717) is 12.4 Å². The van der Waals surface area contributed by atoms with Gasteiger partial charge in [0.1, 0.15) is 11.6 Å². The van der Waals surface area contributed by atoms with Gasteiger partial charge >= 0.3 is 0 Å². The Morgan fingerprint density at radius 1 is 1.58 bits per heavy atom. The minimum absolute atomic E-state index is 0.0703. The lowest BCUT2D eigenvalue weighted by molar-refractivity contribution is -0.126. The maximum Gasteiger partial charge on any atom is 0.224 e. The third-order valence-electron chi connectivity index (χ3n) is 3.41. The van der Waals surface area contributed by atoms with Crippen LogP contribution < -0.4 is 11.1 Å². The van der Waals surface area contributed by atoms with E-state index in [-0.39, 0.29) is 11.8 Å². The van der Waals surface area contributed by atoms with E-state index in [1.807, 2.05) is 6.92 Å². The molecule has 104 valence electrons. The first-order valence-electron chi connectivity index (χ1n) is 6.62. The number of likely N-dealkylation sites (tertiary alicyclic amines) is 1. The van der Waals surface area contributed by atoms with Crippen LogP contribution in [0.4, 0.5) is 5.82 Å². The number of hydrogen-bond donors (Lipinski definition) is 2. The molecule has 0 radical (unpaired) electrons. The number of carbonyl (C=O) groups excluding carboxylic acids is 1. The fourth-order valence-corrected chi connectivity index (χ4v) is 2.54. The summed E-state index contributed by atoms with van der Waals surface area (Å²) in [5.41, 5.74) is 6.61. The van der Waals surface area contributed by atoms with Gasteiger partial charge in [0.2, 0.25) is 5.91 Å². The Balaban J connectivity index is 2.00. The zero-order valence-corrected chi connectivity index (χ0v) is 11.5. The second-order valence-electron chi connectivity index (χ2n) is 5.04. The van der Waals surface area contributed by atoms with Crippen LogP contribution in [0.25, 0.3) is 0 Å². The first kappa shape index (κ1) is 13.7. The minimum Gasteiger partial charge on any atom is -0.384 e. The molecule has 0 aromatic carbocycles. The number of nitrogen functional groups attached to an aromatic ring is 1. The Hall–Kier alpha value is -1.69. The van der Waals surface area contributed by atoms with Crippen molar-refractivity contribution in [3.8, 4) is 0 Å². The fourth-order valence-electron chi connectivity index (χ4n) is 2.54. The summed E-state index contributed by atoms with van der Waals surface area (Å²) in [5, 5.41) is 2.72. The van der Waals surface area contributed by atoms with Gasteiger partial charge in [0.25, 0.3) is 0 Å². The smallest absolute Gasteiger partial charge is 0.224 e. The molecule has 0 bridgehead atoms. The summed E-state index contributed by atoms with van der Waals surface area (Å²) in [7, 11) is 1.69. The minimum atomic E-state index is 0.0703. The third kappa shape index (κ3) is 3.64. The van der Waals surface area contributed by atoms with Gasteiger partial charge in [0, 0.05) is 25.4 Å². The molecule has 0 aliphatic carbocycles. The highest BCUT2D eigenvalue weighted by Crippen LogP contribution is 2.18. The molecule has 1 atom stereocenters. The average molecular weight is 263 g/mol. The first-order valence-corrected chi connectivity index (χ1v) is 6.62. The molecule has 1 aliphatic rings. The normalized spacial score (nSPS) is 20.2. The van der Waals surface area contributed by atoms with Gasteiger partial charge in [-0.05, 0) is 26.3 Å². The second-order valence-corrected chi connectivity index (χ2v) is 5.04. The Kier molecular flexibility index (Phi) is 4.31. The summed E-state index contributed by atoms with van der Waals surface area (Å²) >= 11 is 0. The van der Waals surface area contributed by atoms with Gasteiger partial charge in [-0.3, -0.25) is 9.69 Å². The molecule has 6 heteroatoms. The molecule has 1 aliphatic heterocycles. The highest BCUT2D eigenvalue weighted by atomic mass is 16.1. The molecular weight excluding hydrogens is 242 g/mol. The van der Waals surface area contributed by atoms with Crippen LogP contribution in [0.2, 0.25) is 0 Å². The van der Waals surface area contributed by atoms with Gasteiger partial charge < -0.3 is 11.1 Å². The maximum absolute atomic E-state index is 11.7. The van der Waals surface area contributed by atoms with E-state index in [1.54, 1.807) is 13.1 Å². The molecule has 0 saturated carbocycles. The summed E-state index contributed by atoms with van der Waals surface area (Å²) in [4.78, 5) is 22.5. The summed E-state index contributed by atoms with van der Waals surface area (Å²) < 4.78 is 0. The van der Waals surface area contributed by atoms with Crippen LogP contribution in [0, 0.1) is 12.8 Å². The summed E-state index contributed by atoms with van der Waals surface area (Å²) in [6.45, 7) is 4.30. The second kappa shape index (κ2) is 5.97. The number of aryl methyl sites for hydroxylation is 1. The SMILES string of the molecule is CNC(=O)C1CCCN(Cc2nc(C)cc(N)n2)C1. The van der Waals surface area contributed by atoms with Crippen molar-refractivity contribution in [1.29, 1.82) is 0 Å². The van der Waals surface area contributed by atoms with E-state index in [1.165, 1.54) is 0 Å². The number of nitrogens with one attached hydrogen (secondary N) is 1. The molecule has 1 amide bonds. The van der Waals surface area contributed by atoms with Gasteiger partial charge in [0.15, 0.2) is 0 Å².